The van der Waals surface area contributed by atoms with E-state index in [1.54, 1.807) is 0 Å². The molecule has 5 nitrogen and oxygen atoms in total. The molecule has 0 bridgehead atoms. The Kier molecular flexibility index (Phi) is 6.20. The summed E-state index contributed by atoms with van der Waals surface area (Å²) < 4.78 is 26.2. The van der Waals surface area contributed by atoms with E-state index < -0.39 is 29.5 Å². The molecular weight excluding hydrogens is 306 g/mol. The fourth-order valence-electron chi connectivity index (χ4n) is 2.22. The van der Waals surface area contributed by atoms with E-state index in [9.17, 15) is 23.5 Å². The molecule has 1 aromatic rings. The third-order valence-electron chi connectivity index (χ3n) is 3.56. The molecule has 1 unspecified atom stereocenters. The molecule has 0 saturated carbocycles. The van der Waals surface area contributed by atoms with Crippen LogP contribution in [0.3, 0.4) is 0 Å². The standard InChI is InChI=1S/C16H22F2N2O3/c1-16(2,3)13(9-21)20(4)14(22)8-19-15(23)10-5-11(17)7-12(18)6-10/h5-7,13,21H,8-9H2,1-4H3,(H,19,23). The lowest BCUT2D eigenvalue weighted by molar-refractivity contribution is -0.134. The third kappa shape index (κ3) is 5.28. The van der Waals surface area contributed by atoms with Crippen molar-refractivity contribution in [2.45, 2.75) is 26.8 Å². The largest absolute Gasteiger partial charge is 0.394 e. The molecule has 0 aliphatic heterocycles. The first-order chi connectivity index (χ1) is 10.6. The van der Waals surface area contributed by atoms with Crippen LogP contribution in [-0.2, 0) is 4.79 Å². The van der Waals surface area contributed by atoms with Gasteiger partial charge in [-0.25, -0.2) is 8.78 Å². The highest BCUT2D eigenvalue weighted by atomic mass is 19.1. The summed E-state index contributed by atoms with van der Waals surface area (Å²) in [4.78, 5) is 25.3. The van der Waals surface area contributed by atoms with E-state index in [1.807, 2.05) is 20.8 Å². The lowest BCUT2D eigenvalue weighted by Crippen LogP contribution is -2.50. The Balaban J connectivity index is 2.70. The van der Waals surface area contributed by atoms with E-state index in [4.69, 9.17) is 0 Å². The summed E-state index contributed by atoms with van der Waals surface area (Å²) in [5.41, 5.74) is -0.540. The lowest BCUT2D eigenvalue weighted by Gasteiger charge is -2.36. The number of hydrogen-bond acceptors (Lipinski definition) is 3. The first kappa shape index (κ1) is 19.0. The number of aliphatic hydroxyl groups excluding tert-OH is 1. The smallest absolute Gasteiger partial charge is 0.251 e. The van der Waals surface area contributed by atoms with Crippen molar-refractivity contribution >= 4 is 11.8 Å². The molecule has 0 aromatic heterocycles. The maximum Gasteiger partial charge on any atom is 0.251 e. The number of halogens is 2. The van der Waals surface area contributed by atoms with Gasteiger partial charge < -0.3 is 15.3 Å². The van der Waals surface area contributed by atoms with Crippen LogP contribution in [0, 0.1) is 17.0 Å². The first-order valence-electron chi connectivity index (χ1n) is 7.17. The van der Waals surface area contributed by atoms with Gasteiger partial charge in [0.1, 0.15) is 11.6 Å². The molecule has 1 aromatic carbocycles. The molecule has 2 N–H and O–H groups in total. The summed E-state index contributed by atoms with van der Waals surface area (Å²) in [6, 6.07) is 2.01. The molecular formula is C16H22F2N2O3. The summed E-state index contributed by atoms with van der Waals surface area (Å²) in [5.74, 6) is -2.90. The Labute approximate surface area is 134 Å². The average Bonchev–Trinajstić information content (AvgIpc) is 2.42. The van der Waals surface area contributed by atoms with Gasteiger partial charge in [0.05, 0.1) is 19.2 Å². The first-order valence-corrected chi connectivity index (χ1v) is 7.17. The quantitative estimate of drug-likeness (QED) is 0.862. The summed E-state index contributed by atoms with van der Waals surface area (Å²) in [6.07, 6.45) is 0. The van der Waals surface area contributed by atoms with E-state index in [1.165, 1.54) is 11.9 Å². The van der Waals surface area contributed by atoms with Gasteiger partial charge in [-0.2, -0.15) is 0 Å². The van der Waals surface area contributed by atoms with Gasteiger partial charge in [-0.05, 0) is 17.5 Å². The molecule has 1 rings (SSSR count). The van der Waals surface area contributed by atoms with Crippen molar-refractivity contribution in [3.63, 3.8) is 0 Å². The molecule has 0 heterocycles. The summed E-state index contributed by atoms with van der Waals surface area (Å²) in [7, 11) is 1.53. The summed E-state index contributed by atoms with van der Waals surface area (Å²) >= 11 is 0. The maximum absolute atomic E-state index is 13.1. The minimum absolute atomic E-state index is 0.201. The Morgan fingerprint density at radius 3 is 2.17 bits per heavy atom. The van der Waals surface area contributed by atoms with Gasteiger partial charge in [-0.3, -0.25) is 9.59 Å². The highest BCUT2D eigenvalue weighted by molar-refractivity contribution is 5.96. The van der Waals surface area contributed by atoms with E-state index >= 15 is 0 Å². The number of carbonyl (C=O) groups is 2. The van der Waals surface area contributed by atoms with Crippen molar-refractivity contribution in [1.82, 2.24) is 10.2 Å². The van der Waals surface area contributed by atoms with E-state index in [0.717, 1.165) is 12.1 Å². The van der Waals surface area contributed by atoms with Crippen LogP contribution in [0.2, 0.25) is 0 Å². The molecule has 1 atom stereocenters. The number of hydrogen-bond donors (Lipinski definition) is 2. The second kappa shape index (κ2) is 7.50. The van der Waals surface area contributed by atoms with Crippen LogP contribution in [0.25, 0.3) is 0 Å². The molecule has 2 amide bonds. The molecule has 0 aliphatic carbocycles. The van der Waals surface area contributed by atoms with Crippen LogP contribution >= 0.6 is 0 Å². The number of amides is 2. The van der Waals surface area contributed by atoms with Gasteiger partial charge in [0, 0.05) is 18.7 Å². The Bertz CT molecular complexity index is 565. The zero-order chi connectivity index (χ0) is 17.8. The molecule has 0 fully saturated rings. The van der Waals surface area contributed by atoms with E-state index in [0.29, 0.717) is 6.07 Å². The summed E-state index contributed by atoms with van der Waals surface area (Å²) in [6.45, 7) is 5.10. The van der Waals surface area contributed by atoms with Crippen molar-refractivity contribution in [1.29, 1.82) is 0 Å². The normalized spacial score (nSPS) is 12.7. The van der Waals surface area contributed by atoms with Gasteiger partial charge in [0.25, 0.3) is 5.91 Å². The number of aliphatic hydroxyl groups is 1. The van der Waals surface area contributed by atoms with Crippen molar-refractivity contribution in [2.24, 2.45) is 5.41 Å². The number of nitrogens with one attached hydrogen (secondary N) is 1. The van der Waals surface area contributed by atoms with Crippen LogP contribution in [0.15, 0.2) is 18.2 Å². The van der Waals surface area contributed by atoms with E-state index in [-0.39, 0.29) is 24.1 Å². The Hall–Kier alpha value is -2.02. The van der Waals surface area contributed by atoms with Crippen molar-refractivity contribution in [3.05, 3.63) is 35.4 Å². The fourth-order valence-corrected chi connectivity index (χ4v) is 2.22. The fraction of sp³-hybridized carbons (Fsp3) is 0.500. The SMILES string of the molecule is CN(C(=O)CNC(=O)c1cc(F)cc(F)c1)C(CO)C(C)(C)C. The van der Waals surface area contributed by atoms with Crippen LogP contribution in [-0.4, -0.2) is 48.1 Å². The van der Waals surface area contributed by atoms with Crippen LogP contribution in [0.4, 0.5) is 8.78 Å². The number of benzene rings is 1. The van der Waals surface area contributed by atoms with Crippen molar-refractivity contribution in [3.8, 4) is 0 Å². The predicted octanol–water partition coefficient (Wildman–Crippen LogP) is 1.56. The molecule has 0 spiro atoms. The molecule has 7 heteroatoms. The average molecular weight is 328 g/mol. The Morgan fingerprint density at radius 1 is 1.22 bits per heavy atom. The van der Waals surface area contributed by atoms with Crippen LogP contribution in [0.1, 0.15) is 31.1 Å². The molecule has 0 radical (unpaired) electrons. The van der Waals surface area contributed by atoms with Gasteiger partial charge in [0.2, 0.25) is 5.91 Å². The van der Waals surface area contributed by atoms with E-state index in [2.05, 4.69) is 5.32 Å². The highest BCUT2D eigenvalue weighted by Crippen LogP contribution is 2.23. The predicted molar refractivity (Wildman–Crippen MR) is 81.8 cm³/mol. The van der Waals surface area contributed by atoms with Crippen molar-refractivity contribution < 1.29 is 23.5 Å². The third-order valence-corrected chi connectivity index (χ3v) is 3.56. The maximum atomic E-state index is 13.1. The monoisotopic (exact) mass is 328 g/mol. The second-order valence-corrected chi connectivity index (χ2v) is 6.41. The lowest BCUT2D eigenvalue weighted by atomic mass is 9.86. The minimum atomic E-state index is -0.869. The van der Waals surface area contributed by atoms with Gasteiger partial charge >= 0.3 is 0 Å². The van der Waals surface area contributed by atoms with Crippen LogP contribution < -0.4 is 5.32 Å². The molecule has 128 valence electrons. The molecule has 0 aliphatic rings. The number of carbonyl (C=O) groups excluding carboxylic acids is 2. The zero-order valence-electron chi connectivity index (χ0n) is 13.7. The second-order valence-electron chi connectivity index (χ2n) is 6.41. The topological polar surface area (TPSA) is 69.6 Å². The van der Waals surface area contributed by atoms with Gasteiger partial charge in [-0.1, -0.05) is 20.8 Å². The number of rotatable bonds is 5. The van der Waals surface area contributed by atoms with Crippen LogP contribution in [0.5, 0.6) is 0 Å². The zero-order valence-corrected chi connectivity index (χ0v) is 13.7. The Morgan fingerprint density at radius 2 is 1.74 bits per heavy atom. The van der Waals surface area contributed by atoms with Crippen molar-refractivity contribution in [2.75, 3.05) is 20.2 Å². The summed E-state index contributed by atoms with van der Waals surface area (Å²) in [5, 5.41) is 11.8. The number of nitrogens with zero attached hydrogens (tertiary/aromatic N) is 1. The van der Waals surface area contributed by atoms with Gasteiger partial charge in [-0.15, -0.1) is 0 Å². The highest BCUT2D eigenvalue weighted by Gasteiger charge is 2.30. The van der Waals surface area contributed by atoms with Gasteiger partial charge in [0.15, 0.2) is 0 Å². The molecule has 0 saturated heterocycles. The minimum Gasteiger partial charge on any atom is -0.394 e. The number of likely N-dealkylation sites (N-methyl/N-ethyl adjacent to an activating group) is 1. The molecule has 23 heavy (non-hydrogen) atoms.